The maximum Gasteiger partial charge on any atom is 0.137 e. The second kappa shape index (κ2) is 3.19. The van der Waals surface area contributed by atoms with Gasteiger partial charge in [-0.05, 0) is 0 Å². The van der Waals surface area contributed by atoms with E-state index >= 15 is 0 Å². The number of nitrogens with two attached hydrogens (primary N) is 1. The molecule has 0 bridgehead atoms. The van der Waals surface area contributed by atoms with Crippen LogP contribution >= 0.6 is 0 Å². The highest BCUT2D eigenvalue weighted by Crippen LogP contribution is 1.74. The van der Waals surface area contributed by atoms with Gasteiger partial charge in [-0.25, -0.2) is 9.67 Å². The van der Waals surface area contributed by atoms with Crippen molar-refractivity contribution in [2.45, 2.75) is 6.54 Å². The molecule has 0 radical (unpaired) electrons. The van der Waals surface area contributed by atoms with Gasteiger partial charge in [-0.2, -0.15) is 12.1 Å². The molecule has 4 heteroatoms. The lowest BCUT2D eigenvalue weighted by Gasteiger charge is -1.97. The Hall–Kier alpha value is -0.900. The molecule has 0 spiro atoms. The van der Waals surface area contributed by atoms with Crippen LogP contribution in [0.5, 0.6) is 0 Å². The first-order valence-corrected chi connectivity index (χ1v) is 2.87. The van der Waals surface area contributed by atoms with Crippen LogP contribution in [0, 0.1) is 7.05 Å². The minimum atomic E-state index is 0.878. The van der Waals surface area contributed by atoms with Crippen LogP contribution in [0.2, 0.25) is 0 Å². The number of nitrogens with zero attached hydrogens (tertiary/aromatic N) is 3. The van der Waals surface area contributed by atoms with E-state index in [0.717, 1.165) is 13.1 Å². The van der Waals surface area contributed by atoms with Gasteiger partial charge in [-0.3, -0.25) is 0 Å². The summed E-state index contributed by atoms with van der Waals surface area (Å²) in [6.45, 7) is 1.83. The topological polar surface area (TPSA) is 47.3 Å². The van der Waals surface area contributed by atoms with Crippen molar-refractivity contribution in [2.75, 3.05) is 6.54 Å². The standard InChI is InChI=1S/C5H10N4/c1-6-2-3-9-5-7-4-8-9/h4-5H,1-3,6H2. The first kappa shape index (κ1) is 6.22. The van der Waals surface area contributed by atoms with E-state index in [1.807, 2.05) is 5.32 Å². The lowest BCUT2D eigenvalue weighted by Crippen LogP contribution is -2.77. The molecule has 1 heterocycles. The zero-order valence-corrected chi connectivity index (χ0v) is 5.20. The van der Waals surface area contributed by atoms with Crippen LogP contribution in [0.4, 0.5) is 0 Å². The van der Waals surface area contributed by atoms with Crippen molar-refractivity contribution in [3.63, 3.8) is 0 Å². The highest BCUT2D eigenvalue weighted by Gasteiger charge is 1.86. The van der Waals surface area contributed by atoms with Gasteiger partial charge in [0.05, 0.1) is 13.1 Å². The molecule has 0 atom stereocenters. The van der Waals surface area contributed by atoms with E-state index in [0.29, 0.717) is 0 Å². The van der Waals surface area contributed by atoms with E-state index in [1.165, 1.54) is 6.33 Å². The summed E-state index contributed by atoms with van der Waals surface area (Å²) in [6, 6.07) is 0. The Morgan fingerprint density at radius 1 is 1.67 bits per heavy atom. The van der Waals surface area contributed by atoms with Crippen molar-refractivity contribution in [2.24, 2.45) is 0 Å². The van der Waals surface area contributed by atoms with Crippen LogP contribution in [0.3, 0.4) is 0 Å². The number of hydrogen-bond donors (Lipinski definition) is 1. The minimum absolute atomic E-state index is 0.878. The molecule has 4 nitrogen and oxygen atoms in total. The second-order valence-corrected chi connectivity index (χ2v) is 1.74. The van der Waals surface area contributed by atoms with Crippen molar-refractivity contribution in [3.05, 3.63) is 19.7 Å². The van der Waals surface area contributed by atoms with Gasteiger partial charge < -0.3 is 5.32 Å². The Morgan fingerprint density at radius 2 is 2.56 bits per heavy atom. The number of rotatable bonds is 3. The van der Waals surface area contributed by atoms with Crippen LogP contribution in [0.1, 0.15) is 0 Å². The smallest absolute Gasteiger partial charge is 0.137 e. The predicted octanol–water partition coefficient (Wildman–Crippen LogP) is -1.37. The highest BCUT2D eigenvalue weighted by atomic mass is 15.3. The van der Waals surface area contributed by atoms with Crippen molar-refractivity contribution < 1.29 is 5.32 Å². The molecule has 0 saturated carbocycles. The van der Waals surface area contributed by atoms with E-state index in [-0.39, 0.29) is 0 Å². The highest BCUT2D eigenvalue weighted by molar-refractivity contribution is 4.54. The van der Waals surface area contributed by atoms with Gasteiger partial charge in [0.1, 0.15) is 12.7 Å². The van der Waals surface area contributed by atoms with Gasteiger partial charge in [0.25, 0.3) is 0 Å². The van der Waals surface area contributed by atoms with Crippen LogP contribution in [-0.4, -0.2) is 21.3 Å². The van der Waals surface area contributed by atoms with Gasteiger partial charge in [-0.15, -0.1) is 0 Å². The molecular weight excluding hydrogens is 116 g/mol. The van der Waals surface area contributed by atoms with Gasteiger partial charge in [-0.1, -0.05) is 0 Å². The third-order valence-corrected chi connectivity index (χ3v) is 1.03. The van der Waals surface area contributed by atoms with E-state index in [9.17, 15) is 0 Å². The third-order valence-electron chi connectivity index (χ3n) is 1.03. The zero-order chi connectivity index (χ0) is 6.53. The Kier molecular flexibility index (Phi) is 2.21. The number of aromatic nitrogens is 3. The summed E-state index contributed by atoms with van der Waals surface area (Å²) in [6.07, 6.45) is 3.23. The Bertz CT molecular complexity index is 146. The third kappa shape index (κ3) is 1.81. The summed E-state index contributed by atoms with van der Waals surface area (Å²) in [5.41, 5.74) is 0. The summed E-state index contributed by atoms with van der Waals surface area (Å²) < 4.78 is 1.78. The first-order valence-electron chi connectivity index (χ1n) is 2.87. The van der Waals surface area contributed by atoms with E-state index < -0.39 is 0 Å². The molecule has 0 amide bonds. The Morgan fingerprint density at radius 3 is 3.11 bits per heavy atom. The molecule has 9 heavy (non-hydrogen) atoms. The molecule has 0 aliphatic rings. The molecule has 1 rings (SSSR count). The van der Waals surface area contributed by atoms with E-state index in [2.05, 4.69) is 17.1 Å². The van der Waals surface area contributed by atoms with Crippen molar-refractivity contribution in [1.29, 1.82) is 0 Å². The Balaban J connectivity index is 2.30. The van der Waals surface area contributed by atoms with Crippen LogP contribution in [0.15, 0.2) is 12.7 Å². The quantitative estimate of drug-likeness (QED) is 0.508. The summed E-state index contributed by atoms with van der Waals surface area (Å²) in [5, 5.41) is 5.77. The molecule has 50 valence electrons. The van der Waals surface area contributed by atoms with Crippen molar-refractivity contribution >= 4 is 0 Å². The largest absolute Gasteiger partial charge is 0.477 e. The maximum atomic E-state index is 3.91. The molecule has 2 N–H and O–H groups in total. The lowest BCUT2D eigenvalue weighted by molar-refractivity contribution is -0.596. The van der Waals surface area contributed by atoms with Gasteiger partial charge in [0.2, 0.25) is 0 Å². The summed E-state index contributed by atoms with van der Waals surface area (Å²) >= 11 is 0. The summed E-state index contributed by atoms with van der Waals surface area (Å²) in [4.78, 5) is 3.79. The molecule has 1 aromatic heterocycles. The average Bonchev–Trinajstić information content (AvgIpc) is 2.34. The van der Waals surface area contributed by atoms with Gasteiger partial charge in [0.15, 0.2) is 0 Å². The number of hydrogen-bond acceptors (Lipinski definition) is 2. The average molecular weight is 126 g/mol. The van der Waals surface area contributed by atoms with Gasteiger partial charge >= 0.3 is 0 Å². The van der Waals surface area contributed by atoms with Crippen LogP contribution in [-0.2, 0) is 6.54 Å². The minimum Gasteiger partial charge on any atom is -0.477 e. The summed E-state index contributed by atoms with van der Waals surface area (Å²) in [5.74, 6) is 0. The van der Waals surface area contributed by atoms with Crippen molar-refractivity contribution in [3.8, 4) is 0 Å². The number of quaternary nitrogens is 1. The second-order valence-electron chi connectivity index (χ2n) is 1.74. The molecule has 0 aromatic carbocycles. The lowest BCUT2D eigenvalue weighted by atomic mass is 10.6. The van der Waals surface area contributed by atoms with E-state index in [1.54, 1.807) is 11.0 Å². The Labute approximate surface area is 53.9 Å². The maximum absolute atomic E-state index is 3.91. The fraction of sp³-hybridized carbons (Fsp3) is 0.400. The first-order chi connectivity index (χ1) is 4.43. The molecule has 0 unspecified atom stereocenters. The SMILES string of the molecule is [CH2-][NH2+]CCn1cncn1. The fourth-order valence-corrected chi connectivity index (χ4v) is 0.572. The molecule has 0 fully saturated rings. The zero-order valence-electron chi connectivity index (χ0n) is 5.20. The fourth-order valence-electron chi connectivity index (χ4n) is 0.572. The molecule has 0 saturated heterocycles. The molecule has 0 aliphatic carbocycles. The monoisotopic (exact) mass is 126 g/mol. The molecule has 1 aromatic rings. The van der Waals surface area contributed by atoms with Crippen molar-refractivity contribution in [1.82, 2.24) is 14.8 Å². The summed E-state index contributed by atoms with van der Waals surface area (Å²) in [7, 11) is 3.60. The molecule has 0 aliphatic heterocycles. The molecular formula is C5H10N4. The van der Waals surface area contributed by atoms with Gasteiger partial charge in [0, 0.05) is 0 Å². The normalized spacial score (nSPS) is 9.89. The van der Waals surface area contributed by atoms with Crippen LogP contribution in [0.25, 0.3) is 0 Å². The van der Waals surface area contributed by atoms with Crippen LogP contribution < -0.4 is 5.32 Å². The van der Waals surface area contributed by atoms with E-state index in [4.69, 9.17) is 0 Å². The predicted molar refractivity (Wildman–Crippen MR) is 32.2 cm³/mol.